The second-order valence-electron chi connectivity index (χ2n) is 6.03. The number of hydrogen-bond acceptors (Lipinski definition) is 2. The molecule has 1 aliphatic carbocycles. The lowest BCUT2D eigenvalue weighted by molar-refractivity contribution is 0.229. The maximum atomic E-state index is 5.67. The first kappa shape index (κ1) is 13.3. The Hall–Kier alpha value is -1.18. The highest BCUT2D eigenvalue weighted by Crippen LogP contribution is 2.37. The SMILES string of the molecule is CCOc1ccccc1NC1CCCC(C)(C)C1. The van der Waals surface area contributed by atoms with Gasteiger partial charge in [0.2, 0.25) is 0 Å². The molecule has 2 rings (SSSR count). The van der Waals surface area contributed by atoms with Crippen LogP contribution in [0.2, 0.25) is 0 Å². The molecule has 1 atom stereocenters. The Balaban J connectivity index is 2.04. The van der Waals surface area contributed by atoms with Crippen molar-refractivity contribution in [2.75, 3.05) is 11.9 Å². The molecule has 1 aromatic carbocycles. The number of ether oxygens (including phenoxy) is 1. The van der Waals surface area contributed by atoms with Crippen LogP contribution in [-0.2, 0) is 0 Å². The van der Waals surface area contributed by atoms with Crippen molar-refractivity contribution in [1.29, 1.82) is 0 Å². The Morgan fingerprint density at radius 3 is 2.83 bits per heavy atom. The Labute approximate surface area is 111 Å². The molecule has 0 amide bonds. The van der Waals surface area contributed by atoms with Crippen molar-refractivity contribution in [3.8, 4) is 5.75 Å². The van der Waals surface area contributed by atoms with Crippen molar-refractivity contribution in [2.24, 2.45) is 5.41 Å². The van der Waals surface area contributed by atoms with Gasteiger partial charge in [0.1, 0.15) is 5.75 Å². The lowest BCUT2D eigenvalue weighted by Crippen LogP contribution is -2.31. The molecule has 0 radical (unpaired) electrons. The third kappa shape index (κ3) is 3.41. The summed E-state index contributed by atoms with van der Waals surface area (Å²) in [6.45, 7) is 7.49. The Kier molecular flexibility index (Phi) is 4.15. The molecule has 2 heteroatoms. The van der Waals surface area contributed by atoms with Gasteiger partial charge in [0.05, 0.1) is 12.3 Å². The summed E-state index contributed by atoms with van der Waals surface area (Å²) in [6, 6.07) is 8.84. The smallest absolute Gasteiger partial charge is 0.142 e. The van der Waals surface area contributed by atoms with Gasteiger partial charge in [-0.2, -0.15) is 0 Å². The van der Waals surface area contributed by atoms with Crippen LogP contribution in [0.4, 0.5) is 5.69 Å². The van der Waals surface area contributed by atoms with E-state index in [1.165, 1.54) is 25.7 Å². The molecule has 0 heterocycles. The standard InChI is InChI=1S/C16H25NO/c1-4-18-15-10-6-5-9-14(15)17-13-8-7-11-16(2,3)12-13/h5-6,9-10,13,17H,4,7-8,11-12H2,1-3H3. The molecule has 0 aromatic heterocycles. The van der Waals surface area contributed by atoms with Crippen LogP contribution < -0.4 is 10.1 Å². The molecule has 0 bridgehead atoms. The van der Waals surface area contributed by atoms with Gasteiger partial charge in [0.15, 0.2) is 0 Å². The first-order valence-electron chi connectivity index (χ1n) is 7.09. The zero-order valence-electron chi connectivity index (χ0n) is 11.8. The molecule has 1 aliphatic rings. The van der Waals surface area contributed by atoms with E-state index in [4.69, 9.17) is 4.74 Å². The Bertz CT molecular complexity index is 386. The van der Waals surface area contributed by atoms with Crippen molar-refractivity contribution in [3.05, 3.63) is 24.3 Å². The average Bonchev–Trinajstić information content (AvgIpc) is 2.31. The molecular formula is C16H25NO. The number of anilines is 1. The van der Waals surface area contributed by atoms with Crippen LogP contribution in [0.1, 0.15) is 46.5 Å². The molecule has 1 N–H and O–H groups in total. The van der Waals surface area contributed by atoms with Crippen LogP contribution >= 0.6 is 0 Å². The van der Waals surface area contributed by atoms with Crippen molar-refractivity contribution in [2.45, 2.75) is 52.5 Å². The fraction of sp³-hybridized carbons (Fsp3) is 0.625. The van der Waals surface area contributed by atoms with Crippen molar-refractivity contribution in [3.63, 3.8) is 0 Å². The molecule has 0 spiro atoms. The quantitative estimate of drug-likeness (QED) is 0.847. The minimum atomic E-state index is 0.469. The molecule has 1 unspecified atom stereocenters. The molecule has 18 heavy (non-hydrogen) atoms. The minimum absolute atomic E-state index is 0.469. The first-order valence-corrected chi connectivity index (χ1v) is 7.09. The fourth-order valence-corrected chi connectivity index (χ4v) is 2.91. The number of hydrogen-bond donors (Lipinski definition) is 1. The zero-order valence-corrected chi connectivity index (χ0v) is 11.8. The van der Waals surface area contributed by atoms with Crippen molar-refractivity contribution in [1.82, 2.24) is 0 Å². The lowest BCUT2D eigenvalue weighted by atomic mass is 9.75. The average molecular weight is 247 g/mol. The summed E-state index contributed by atoms with van der Waals surface area (Å²) in [5.74, 6) is 0.975. The summed E-state index contributed by atoms with van der Waals surface area (Å²) in [4.78, 5) is 0. The summed E-state index contributed by atoms with van der Waals surface area (Å²) >= 11 is 0. The van der Waals surface area contributed by atoms with Crippen molar-refractivity contribution >= 4 is 5.69 Å². The van der Waals surface area contributed by atoms with E-state index in [0.717, 1.165) is 18.0 Å². The summed E-state index contributed by atoms with van der Waals surface area (Å²) in [7, 11) is 0. The highest BCUT2D eigenvalue weighted by molar-refractivity contribution is 5.56. The maximum Gasteiger partial charge on any atom is 0.142 e. The molecule has 1 fully saturated rings. The van der Waals surface area contributed by atoms with Crippen molar-refractivity contribution < 1.29 is 4.74 Å². The van der Waals surface area contributed by atoms with Gasteiger partial charge < -0.3 is 10.1 Å². The number of rotatable bonds is 4. The van der Waals surface area contributed by atoms with Crippen LogP contribution in [0.25, 0.3) is 0 Å². The van der Waals surface area contributed by atoms with Gasteiger partial charge in [-0.3, -0.25) is 0 Å². The van der Waals surface area contributed by atoms with Gasteiger partial charge in [-0.15, -0.1) is 0 Å². The van der Waals surface area contributed by atoms with Crippen LogP contribution in [0, 0.1) is 5.41 Å². The van der Waals surface area contributed by atoms with Crippen LogP contribution in [0.15, 0.2) is 24.3 Å². The fourth-order valence-electron chi connectivity index (χ4n) is 2.91. The third-order valence-corrected chi connectivity index (χ3v) is 3.75. The Morgan fingerprint density at radius 1 is 1.33 bits per heavy atom. The molecule has 2 nitrogen and oxygen atoms in total. The number of benzene rings is 1. The predicted molar refractivity (Wildman–Crippen MR) is 77.3 cm³/mol. The van der Waals surface area contributed by atoms with E-state index in [9.17, 15) is 0 Å². The van der Waals surface area contributed by atoms with Gasteiger partial charge in [-0.1, -0.05) is 32.4 Å². The highest BCUT2D eigenvalue weighted by atomic mass is 16.5. The van der Waals surface area contributed by atoms with Gasteiger partial charge in [0.25, 0.3) is 0 Å². The second-order valence-corrected chi connectivity index (χ2v) is 6.03. The monoisotopic (exact) mass is 247 g/mol. The van der Waals surface area contributed by atoms with E-state index in [1.807, 2.05) is 19.1 Å². The van der Waals surface area contributed by atoms with E-state index in [-0.39, 0.29) is 0 Å². The Morgan fingerprint density at radius 2 is 2.11 bits per heavy atom. The summed E-state index contributed by atoms with van der Waals surface area (Å²) < 4.78 is 5.67. The largest absolute Gasteiger partial charge is 0.492 e. The van der Waals surface area contributed by atoms with E-state index < -0.39 is 0 Å². The normalized spacial score (nSPS) is 22.5. The van der Waals surface area contributed by atoms with E-state index in [2.05, 4.69) is 31.3 Å². The van der Waals surface area contributed by atoms with E-state index in [1.54, 1.807) is 0 Å². The van der Waals surface area contributed by atoms with Gasteiger partial charge in [0, 0.05) is 6.04 Å². The molecule has 100 valence electrons. The lowest BCUT2D eigenvalue weighted by Gasteiger charge is -2.36. The van der Waals surface area contributed by atoms with E-state index >= 15 is 0 Å². The van der Waals surface area contributed by atoms with E-state index in [0.29, 0.717) is 11.5 Å². The molecule has 1 saturated carbocycles. The van der Waals surface area contributed by atoms with Crippen LogP contribution in [0.3, 0.4) is 0 Å². The predicted octanol–water partition coefficient (Wildman–Crippen LogP) is 4.47. The summed E-state index contributed by atoms with van der Waals surface area (Å²) in [6.07, 6.45) is 5.18. The molecule has 1 aromatic rings. The number of para-hydroxylation sites is 2. The second kappa shape index (κ2) is 5.64. The topological polar surface area (TPSA) is 21.3 Å². The number of nitrogens with one attached hydrogen (secondary N) is 1. The van der Waals surface area contributed by atoms with Crippen LogP contribution in [0.5, 0.6) is 5.75 Å². The maximum absolute atomic E-state index is 5.67. The minimum Gasteiger partial charge on any atom is -0.492 e. The van der Waals surface area contributed by atoms with Crippen LogP contribution in [-0.4, -0.2) is 12.6 Å². The van der Waals surface area contributed by atoms with Gasteiger partial charge in [-0.05, 0) is 43.7 Å². The first-order chi connectivity index (χ1) is 8.61. The van der Waals surface area contributed by atoms with Gasteiger partial charge >= 0.3 is 0 Å². The zero-order chi connectivity index (χ0) is 13.0. The summed E-state index contributed by atoms with van der Waals surface area (Å²) in [5.41, 5.74) is 1.61. The highest BCUT2D eigenvalue weighted by Gasteiger charge is 2.28. The molecule has 0 aliphatic heterocycles. The summed E-state index contributed by atoms with van der Waals surface area (Å²) in [5, 5.41) is 3.66. The molecule has 0 saturated heterocycles. The van der Waals surface area contributed by atoms with Gasteiger partial charge in [-0.25, -0.2) is 0 Å². The third-order valence-electron chi connectivity index (χ3n) is 3.75. The molecular weight excluding hydrogens is 222 g/mol.